The molecule has 1 aliphatic rings. The van der Waals surface area contributed by atoms with Crippen molar-refractivity contribution in [2.24, 2.45) is 0 Å². The van der Waals surface area contributed by atoms with E-state index in [1.807, 2.05) is 13.8 Å². The molecule has 2 rings (SSSR count). The van der Waals surface area contributed by atoms with E-state index in [2.05, 4.69) is 9.97 Å². The molecule has 0 spiro atoms. The first-order chi connectivity index (χ1) is 10.2. The number of rotatable bonds is 3. The third-order valence-corrected chi connectivity index (χ3v) is 3.32. The Balaban J connectivity index is 1.97. The van der Waals surface area contributed by atoms with Crippen LogP contribution in [0, 0.1) is 13.8 Å². The van der Waals surface area contributed by atoms with Gasteiger partial charge >= 0.3 is 12.2 Å². The number of likely N-dealkylation sites (tertiary alicyclic amines) is 1. The molecule has 1 unspecified atom stereocenters. The summed E-state index contributed by atoms with van der Waals surface area (Å²) in [7, 11) is 0. The van der Waals surface area contributed by atoms with Gasteiger partial charge in [0.15, 0.2) is 0 Å². The molecular formula is C14H18F3N3O2. The van der Waals surface area contributed by atoms with Crippen LogP contribution in [0.4, 0.5) is 13.2 Å². The Morgan fingerprint density at radius 2 is 2.00 bits per heavy atom. The van der Waals surface area contributed by atoms with Gasteiger partial charge in [-0.1, -0.05) is 0 Å². The molecule has 1 aliphatic heterocycles. The molecule has 0 bridgehead atoms. The van der Waals surface area contributed by atoms with E-state index in [1.54, 1.807) is 6.07 Å². The van der Waals surface area contributed by atoms with Gasteiger partial charge in [-0.15, -0.1) is 0 Å². The predicted octanol–water partition coefficient (Wildman–Crippen LogP) is 2.42. The lowest BCUT2D eigenvalue weighted by Crippen LogP contribution is -2.45. The molecule has 1 atom stereocenters. The van der Waals surface area contributed by atoms with Gasteiger partial charge in [0.2, 0.25) is 5.91 Å². The van der Waals surface area contributed by atoms with Gasteiger partial charge in [-0.05, 0) is 32.8 Å². The maximum absolute atomic E-state index is 12.3. The number of alkyl halides is 3. The van der Waals surface area contributed by atoms with Gasteiger partial charge in [0.25, 0.3) is 0 Å². The predicted molar refractivity (Wildman–Crippen MR) is 72.4 cm³/mol. The molecule has 5 nitrogen and oxygen atoms in total. The highest BCUT2D eigenvalue weighted by Crippen LogP contribution is 2.23. The minimum atomic E-state index is -4.48. The lowest BCUT2D eigenvalue weighted by molar-refractivity contribution is -0.163. The molecule has 0 radical (unpaired) electrons. The molecule has 0 N–H and O–H groups in total. The monoisotopic (exact) mass is 317 g/mol. The third kappa shape index (κ3) is 4.85. The van der Waals surface area contributed by atoms with Crippen LogP contribution in [-0.4, -0.2) is 46.1 Å². The molecule has 0 saturated carbocycles. The minimum absolute atomic E-state index is 0.130. The van der Waals surface area contributed by atoms with Crippen molar-refractivity contribution in [1.29, 1.82) is 0 Å². The van der Waals surface area contributed by atoms with E-state index in [0.717, 1.165) is 11.4 Å². The van der Waals surface area contributed by atoms with Crippen LogP contribution in [0.5, 0.6) is 6.01 Å². The van der Waals surface area contributed by atoms with E-state index < -0.39 is 18.5 Å². The second-order valence-electron chi connectivity index (χ2n) is 5.45. The van der Waals surface area contributed by atoms with Crippen molar-refractivity contribution >= 4 is 5.91 Å². The quantitative estimate of drug-likeness (QED) is 0.859. The Morgan fingerprint density at radius 3 is 2.59 bits per heavy atom. The summed E-state index contributed by atoms with van der Waals surface area (Å²) in [5, 5.41) is 0. The molecule has 0 aromatic carbocycles. The van der Waals surface area contributed by atoms with Gasteiger partial charge < -0.3 is 9.64 Å². The van der Waals surface area contributed by atoms with Gasteiger partial charge in [0, 0.05) is 17.9 Å². The minimum Gasteiger partial charge on any atom is -0.458 e. The molecule has 22 heavy (non-hydrogen) atoms. The highest BCUT2D eigenvalue weighted by Gasteiger charge is 2.35. The molecule has 1 aromatic heterocycles. The number of amides is 1. The van der Waals surface area contributed by atoms with Crippen molar-refractivity contribution in [2.75, 3.05) is 13.1 Å². The van der Waals surface area contributed by atoms with Crippen LogP contribution in [0.3, 0.4) is 0 Å². The maximum atomic E-state index is 12.3. The van der Waals surface area contributed by atoms with Gasteiger partial charge in [-0.25, -0.2) is 9.97 Å². The van der Waals surface area contributed by atoms with Crippen molar-refractivity contribution in [3.05, 3.63) is 17.5 Å². The maximum Gasteiger partial charge on any atom is 0.397 e. The summed E-state index contributed by atoms with van der Waals surface area (Å²) < 4.78 is 42.5. The number of aryl methyl sites for hydroxylation is 2. The van der Waals surface area contributed by atoms with Crippen LogP contribution >= 0.6 is 0 Å². The fraction of sp³-hybridized carbons (Fsp3) is 0.643. The van der Waals surface area contributed by atoms with Gasteiger partial charge in [0.1, 0.15) is 12.5 Å². The molecule has 122 valence electrons. The third-order valence-electron chi connectivity index (χ3n) is 3.32. The molecule has 1 amide bonds. The number of halogens is 3. The van der Waals surface area contributed by atoms with Gasteiger partial charge in [-0.2, -0.15) is 13.2 Å². The smallest absolute Gasteiger partial charge is 0.397 e. The van der Waals surface area contributed by atoms with Crippen molar-refractivity contribution in [2.45, 2.75) is 45.4 Å². The number of carbonyl (C=O) groups excluding carboxylic acids is 1. The van der Waals surface area contributed by atoms with Gasteiger partial charge in [0.05, 0.1) is 6.54 Å². The van der Waals surface area contributed by atoms with Crippen molar-refractivity contribution in [3.8, 4) is 6.01 Å². The van der Waals surface area contributed by atoms with E-state index in [4.69, 9.17) is 4.74 Å². The summed E-state index contributed by atoms with van der Waals surface area (Å²) in [6.45, 7) is 4.07. The lowest BCUT2D eigenvalue weighted by Gasteiger charge is -2.32. The molecule has 1 fully saturated rings. The Bertz CT molecular complexity index is 528. The number of piperidine rings is 1. The highest BCUT2D eigenvalue weighted by molar-refractivity contribution is 5.77. The average molecular weight is 317 g/mol. The average Bonchev–Trinajstić information content (AvgIpc) is 2.35. The fourth-order valence-electron chi connectivity index (χ4n) is 2.44. The van der Waals surface area contributed by atoms with E-state index in [0.29, 0.717) is 19.4 Å². The summed E-state index contributed by atoms with van der Waals surface area (Å²) in [5.41, 5.74) is 1.51. The Morgan fingerprint density at radius 1 is 1.36 bits per heavy atom. The number of carbonyl (C=O) groups is 1. The standard InChI is InChI=1S/C14H18F3N3O2/c1-9-6-10(2)19-13(18-9)22-11-4-3-5-20(8-11)12(21)7-14(15,16)17/h6,11H,3-5,7-8H2,1-2H3. The Hall–Kier alpha value is -1.86. The first kappa shape index (κ1) is 16.5. The van der Waals surface area contributed by atoms with E-state index >= 15 is 0 Å². The number of ether oxygens (including phenoxy) is 1. The van der Waals surface area contributed by atoms with Crippen molar-refractivity contribution < 1.29 is 22.7 Å². The van der Waals surface area contributed by atoms with Crippen LogP contribution in [0.1, 0.15) is 30.7 Å². The fourth-order valence-corrected chi connectivity index (χ4v) is 2.44. The second kappa shape index (κ2) is 6.50. The normalized spacial score (nSPS) is 19.1. The molecule has 1 saturated heterocycles. The Labute approximate surface area is 126 Å². The number of aromatic nitrogens is 2. The van der Waals surface area contributed by atoms with Crippen LogP contribution in [0.25, 0.3) is 0 Å². The van der Waals surface area contributed by atoms with Crippen LogP contribution in [0.2, 0.25) is 0 Å². The highest BCUT2D eigenvalue weighted by atomic mass is 19.4. The SMILES string of the molecule is Cc1cc(C)nc(OC2CCCN(C(=O)CC(F)(F)F)C2)n1. The van der Waals surface area contributed by atoms with Crippen molar-refractivity contribution in [1.82, 2.24) is 14.9 Å². The number of nitrogens with zero attached hydrogens (tertiary/aromatic N) is 3. The number of hydrogen-bond donors (Lipinski definition) is 0. The summed E-state index contributed by atoms with van der Waals surface area (Å²) in [5.74, 6) is -0.915. The zero-order chi connectivity index (χ0) is 16.3. The molecular weight excluding hydrogens is 299 g/mol. The lowest BCUT2D eigenvalue weighted by atomic mass is 10.1. The molecule has 8 heteroatoms. The summed E-state index contributed by atoms with van der Waals surface area (Å²) in [6, 6.07) is 2.00. The first-order valence-electron chi connectivity index (χ1n) is 7.06. The number of hydrogen-bond acceptors (Lipinski definition) is 4. The van der Waals surface area contributed by atoms with E-state index in [-0.39, 0.29) is 18.7 Å². The van der Waals surface area contributed by atoms with Crippen molar-refractivity contribution in [3.63, 3.8) is 0 Å². The Kier molecular flexibility index (Phi) is 4.87. The van der Waals surface area contributed by atoms with E-state index in [9.17, 15) is 18.0 Å². The van der Waals surface area contributed by atoms with E-state index in [1.165, 1.54) is 4.90 Å². The summed E-state index contributed by atoms with van der Waals surface area (Å²) in [4.78, 5) is 21.1. The zero-order valence-electron chi connectivity index (χ0n) is 12.5. The molecule has 2 heterocycles. The molecule has 1 aromatic rings. The molecule has 0 aliphatic carbocycles. The van der Waals surface area contributed by atoms with Gasteiger partial charge in [-0.3, -0.25) is 4.79 Å². The zero-order valence-corrected chi connectivity index (χ0v) is 12.5. The van der Waals surface area contributed by atoms with Crippen LogP contribution < -0.4 is 4.74 Å². The van der Waals surface area contributed by atoms with Crippen LogP contribution in [0.15, 0.2) is 6.07 Å². The topological polar surface area (TPSA) is 55.3 Å². The summed E-state index contributed by atoms with van der Waals surface area (Å²) >= 11 is 0. The summed E-state index contributed by atoms with van der Waals surface area (Å²) in [6.07, 6.45) is -5.04. The van der Waals surface area contributed by atoms with Crippen LogP contribution in [-0.2, 0) is 4.79 Å². The first-order valence-corrected chi connectivity index (χ1v) is 7.06. The largest absolute Gasteiger partial charge is 0.458 e. The second-order valence-corrected chi connectivity index (χ2v) is 5.45.